The first-order valence-electron chi connectivity index (χ1n) is 8.60. The molecule has 0 spiro atoms. The van der Waals surface area contributed by atoms with E-state index in [1.165, 1.54) is 4.90 Å². The van der Waals surface area contributed by atoms with Crippen LogP contribution in [0.25, 0.3) is 0 Å². The molecule has 0 aromatic carbocycles. The Kier molecular flexibility index (Phi) is 5.98. The van der Waals surface area contributed by atoms with Crippen molar-refractivity contribution in [2.45, 2.75) is 51.2 Å². The van der Waals surface area contributed by atoms with Gasteiger partial charge in [0, 0.05) is 38.2 Å². The molecule has 8 nitrogen and oxygen atoms in total. The highest BCUT2D eigenvalue weighted by atomic mass is 32.2. The molecule has 2 aliphatic heterocycles. The maximum Gasteiger partial charge on any atom is 0.318 e. The van der Waals surface area contributed by atoms with E-state index in [0.717, 1.165) is 0 Å². The maximum atomic E-state index is 12.7. The summed E-state index contributed by atoms with van der Waals surface area (Å²) in [6.07, 6.45) is 0.710. The predicted molar refractivity (Wildman–Crippen MR) is 94.0 cm³/mol. The van der Waals surface area contributed by atoms with Gasteiger partial charge in [0.25, 0.3) is 0 Å². The molecule has 2 aliphatic rings. The summed E-state index contributed by atoms with van der Waals surface area (Å²) < 4.78 is 28.5. The highest BCUT2D eigenvalue weighted by molar-refractivity contribution is 7.91. The van der Waals surface area contributed by atoms with E-state index < -0.39 is 9.84 Å². The van der Waals surface area contributed by atoms with Crippen molar-refractivity contribution in [2.24, 2.45) is 0 Å². The molecule has 1 N–H and O–H groups in total. The fourth-order valence-corrected chi connectivity index (χ4v) is 5.10. The Morgan fingerprint density at radius 3 is 2.56 bits per heavy atom. The molecule has 2 unspecified atom stereocenters. The summed E-state index contributed by atoms with van der Waals surface area (Å²) in [7, 11) is -1.55. The first-order valence-corrected chi connectivity index (χ1v) is 10.4. The van der Waals surface area contributed by atoms with Gasteiger partial charge in [-0.1, -0.05) is 0 Å². The van der Waals surface area contributed by atoms with Gasteiger partial charge in [-0.15, -0.1) is 0 Å². The molecule has 2 fully saturated rings. The molecule has 25 heavy (non-hydrogen) atoms. The van der Waals surface area contributed by atoms with Crippen LogP contribution in [0.5, 0.6) is 0 Å². The largest absolute Gasteiger partial charge is 0.383 e. The van der Waals surface area contributed by atoms with Gasteiger partial charge in [-0.2, -0.15) is 0 Å². The second kappa shape index (κ2) is 7.49. The number of carbonyl (C=O) groups excluding carboxylic acids is 2. The number of hydrogen-bond donors (Lipinski definition) is 1. The maximum absolute atomic E-state index is 12.7. The van der Waals surface area contributed by atoms with Gasteiger partial charge >= 0.3 is 6.03 Å². The molecule has 3 amide bonds. The fraction of sp³-hybridized carbons (Fsp3) is 0.875. The average molecular weight is 375 g/mol. The lowest BCUT2D eigenvalue weighted by Gasteiger charge is -2.32. The van der Waals surface area contributed by atoms with Crippen molar-refractivity contribution in [3.05, 3.63) is 0 Å². The Balaban J connectivity index is 2.01. The number of hydrogen-bond acceptors (Lipinski definition) is 5. The molecule has 0 aliphatic carbocycles. The zero-order valence-corrected chi connectivity index (χ0v) is 16.3. The van der Waals surface area contributed by atoms with E-state index in [9.17, 15) is 18.0 Å². The molecule has 2 heterocycles. The van der Waals surface area contributed by atoms with Crippen LogP contribution >= 0.6 is 0 Å². The highest BCUT2D eigenvalue weighted by Gasteiger charge is 2.39. The van der Waals surface area contributed by atoms with E-state index in [1.807, 2.05) is 20.8 Å². The number of urea groups is 1. The molecule has 9 heteroatoms. The summed E-state index contributed by atoms with van der Waals surface area (Å²) >= 11 is 0. The third-order valence-corrected chi connectivity index (χ3v) is 6.46. The predicted octanol–water partition coefficient (Wildman–Crippen LogP) is 0.231. The summed E-state index contributed by atoms with van der Waals surface area (Å²) in [6, 6.07) is -0.925. The Bertz CT molecular complexity index is 614. The zero-order chi connectivity index (χ0) is 18.8. The number of nitrogens with zero attached hydrogens (tertiary/aromatic N) is 2. The summed E-state index contributed by atoms with van der Waals surface area (Å²) in [5.41, 5.74) is -0.286. The number of methoxy groups -OCH3 is 1. The van der Waals surface area contributed by atoms with Gasteiger partial charge in [0.1, 0.15) is 0 Å². The summed E-state index contributed by atoms with van der Waals surface area (Å²) in [5, 5.41) is 2.90. The third kappa shape index (κ3) is 5.07. The lowest BCUT2D eigenvalue weighted by atomic mass is 10.1. The van der Waals surface area contributed by atoms with E-state index in [0.29, 0.717) is 26.1 Å². The minimum atomic E-state index is -3.09. The Labute approximate surface area is 149 Å². The lowest BCUT2D eigenvalue weighted by Crippen LogP contribution is -2.52. The first-order chi connectivity index (χ1) is 11.5. The van der Waals surface area contributed by atoms with Gasteiger partial charge in [-0.3, -0.25) is 4.79 Å². The van der Waals surface area contributed by atoms with Crippen molar-refractivity contribution >= 4 is 21.8 Å². The number of nitrogens with one attached hydrogen (secondary N) is 1. The van der Waals surface area contributed by atoms with Crippen molar-refractivity contribution < 1.29 is 22.7 Å². The monoisotopic (exact) mass is 375 g/mol. The van der Waals surface area contributed by atoms with E-state index >= 15 is 0 Å². The van der Waals surface area contributed by atoms with Crippen molar-refractivity contribution in [3.8, 4) is 0 Å². The van der Waals surface area contributed by atoms with E-state index in [2.05, 4.69) is 5.32 Å². The molecule has 0 aromatic heterocycles. The number of likely N-dealkylation sites (tertiary alicyclic amines) is 1. The molecule has 2 atom stereocenters. The number of rotatable bonds is 5. The molecule has 2 rings (SSSR count). The van der Waals surface area contributed by atoms with Crippen LogP contribution in [0.15, 0.2) is 0 Å². The highest BCUT2D eigenvalue weighted by Crippen LogP contribution is 2.23. The Hall–Kier alpha value is -1.35. The first kappa shape index (κ1) is 20.0. The topological polar surface area (TPSA) is 96.0 Å². The SMILES string of the molecule is COCCN(C(=O)NC1CC(=O)N(C(C)(C)C)C1)C1CCS(=O)(=O)C1. The minimum Gasteiger partial charge on any atom is -0.383 e. The molecule has 0 radical (unpaired) electrons. The minimum absolute atomic E-state index is 0.0121. The average Bonchev–Trinajstić information content (AvgIpc) is 3.01. The Morgan fingerprint density at radius 1 is 1.40 bits per heavy atom. The number of sulfone groups is 1. The van der Waals surface area contributed by atoms with Crippen molar-refractivity contribution in [3.63, 3.8) is 0 Å². The van der Waals surface area contributed by atoms with E-state index in [4.69, 9.17) is 4.74 Å². The molecule has 0 aromatic rings. The van der Waals surface area contributed by atoms with Gasteiger partial charge < -0.3 is 19.9 Å². The van der Waals surface area contributed by atoms with Gasteiger partial charge in [-0.25, -0.2) is 13.2 Å². The quantitative estimate of drug-likeness (QED) is 0.742. The summed E-state index contributed by atoms with van der Waals surface area (Å²) in [6.45, 7) is 7.01. The van der Waals surface area contributed by atoms with Crippen LogP contribution in [0, 0.1) is 0 Å². The fourth-order valence-electron chi connectivity index (χ4n) is 3.37. The summed E-state index contributed by atoms with van der Waals surface area (Å²) in [4.78, 5) is 28.2. The molecule has 0 bridgehead atoms. The zero-order valence-electron chi connectivity index (χ0n) is 15.4. The van der Waals surface area contributed by atoms with Crippen LogP contribution in [0.1, 0.15) is 33.6 Å². The van der Waals surface area contributed by atoms with Gasteiger partial charge in [0.2, 0.25) is 5.91 Å². The third-order valence-electron chi connectivity index (χ3n) is 4.71. The van der Waals surface area contributed by atoms with Crippen molar-refractivity contribution in [1.29, 1.82) is 0 Å². The second-order valence-corrected chi connectivity index (χ2v) is 10.00. The summed E-state index contributed by atoms with van der Waals surface area (Å²) in [5.74, 6) is 0.111. The van der Waals surface area contributed by atoms with Crippen LogP contribution in [0.3, 0.4) is 0 Å². The number of ether oxygens (including phenoxy) is 1. The molecular formula is C16H29N3O5S. The van der Waals surface area contributed by atoms with Crippen LogP contribution in [-0.2, 0) is 19.4 Å². The number of amides is 3. The van der Waals surface area contributed by atoms with Crippen molar-refractivity contribution in [2.75, 3.05) is 38.3 Å². The Morgan fingerprint density at radius 2 is 2.08 bits per heavy atom. The van der Waals surface area contributed by atoms with Crippen LogP contribution < -0.4 is 5.32 Å². The smallest absolute Gasteiger partial charge is 0.318 e. The molecule has 144 valence electrons. The van der Waals surface area contributed by atoms with E-state index in [-0.39, 0.29) is 47.5 Å². The lowest BCUT2D eigenvalue weighted by molar-refractivity contribution is -0.131. The van der Waals surface area contributed by atoms with Crippen LogP contribution in [0.2, 0.25) is 0 Å². The van der Waals surface area contributed by atoms with Gasteiger partial charge in [0.05, 0.1) is 24.2 Å². The van der Waals surface area contributed by atoms with Crippen LogP contribution in [-0.4, -0.2) is 86.1 Å². The van der Waals surface area contributed by atoms with E-state index in [1.54, 1.807) is 12.0 Å². The van der Waals surface area contributed by atoms with Gasteiger partial charge in [0.15, 0.2) is 9.84 Å². The van der Waals surface area contributed by atoms with Gasteiger partial charge in [-0.05, 0) is 27.2 Å². The molecule has 2 saturated heterocycles. The number of carbonyl (C=O) groups is 2. The standard InChI is InChI=1S/C16H29N3O5S/c1-16(2,3)19-10-12(9-14(19)20)17-15(21)18(6-7-24-4)13-5-8-25(22,23)11-13/h12-13H,5-11H2,1-4H3,(H,17,21). The van der Waals surface area contributed by atoms with Crippen LogP contribution in [0.4, 0.5) is 4.79 Å². The van der Waals surface area contributed by atoms with Crippen molar-refractivity contribution in [1.82, 2.24) is 15.1 Å². The second-order valence-electron chi connectivity index (χ2n) is 7.77. The molecular weight excluding hydrogens is 346 g/mol. The normalized spacial score (nSPS) is 26.1. The molecule has 0 saturated carbocycles.